The molecule has 0 radical (unpaired) electrons. The second-order valence-electron chi connectivity index (χ2n) is 6.51. The number of hydrogen-bond donors (Lipinski definition) is 1. The third-order valence-corrected chi connectivity index (χ3v) is 5.04. The highest BCUT2D eigenvalue weighted by molar-refractivity contribution is 5.27. The van der Waals surface area contributed by atoms with Gasteiger partial charge in [-0.05, 0) is 50.3 Å². The molecule has 21 heavy (non-hydrogen) atoms. The zero-order chi connectivity index (χ0) is 15.4. The molecule has 1 aliphatic heterocycles. The second-order valence-corrected chi connectivity index (χ2v) is 6.51. The molecular weight excluding hydrogens is 258 g/mol. The zero-order valence-electron chi connectivity index (χ0n) is 14.2. The van der Waals surface area contributed by atoms with Crippen molar-refractivity contribution in [3.8, 4) is 0 Å². The third kappa shape index (κ3) is 3.67. The van der Waals surface area contributed by atoms with E-state index in [0.29, 0.717) is 30.1 Å². The van der Waals surface area contributed by atoms with E-state index in [2.05, 4.69) is 64.2 Å². The minimum absolute atomic E-state index is 0.314. The first-order valence-electron chi connectivity index (χ1n) is 8.56. The molecule has 0 aromatic heterocycles. The number of rotatable bonds is 6. The smallest absolute Gasteiger partial charge is 0.0600 e. The lowest BCUT2D eigenvalue weighted by molar-refractivity contribution is 0.0475. The highest BCUT2D eigenvalue weighted by Crippen LogP contribution is 2.40. The number of ether oxygens (including phenoxy) is 1. The predicted molar refractivity (Wildman–Crippen MR) is 89.5 cm³/mol. The lowest BCUT2D eigenvalue weighted by Crippen LogP contribution is -2.35. The Hall–Kier alpha value is -0.860. The molecule has 1 saturated heterocycles. The minimum Gasteiger partial charge on any atom is -0.375 e. The lowest BCUT2D eigenvalue weighted by atomic mass is 9.80. The van der Waals surface area contributed by atoms with Crippen molar-refractivity contribution in [1.29, 1.82) is 0 Å². The van der Waals surface area contributed by atoms with Crippen LogP contribution in [0, 0.1) is 11.8 Å². The van der Waals surface area contributed by atoms with Crippen molar-refractivity contribution in [2.75, 3.05) is 6.54 Å². The molecule has 0 aliphatic carbocycles. The van der Waals surface area contributed by atoms with E-state index in [1.54, 1.807) is 0 Å². The molecule has 0 bridgehead atoms. The van der Waals surface area contributed by atoms with Gasteiger partial charge in [0.05, 0.1) is 12.2 Å². The van der Waals surface area contributed by atoms with E-state index in [1.807, 2.05) is 0 Å². The Morgan fingerprint density at radius 2 is 1.90 bits per heavy atom. The van der Waals surface area contributed by atoms with Crippen LogP contribution < -0.4 is 5.32 Å². The molecule has 2 nitrogen and oxygen atoms in total. The highest BCUT2D eigenvalue weighted by atomic mass is 16.5. The summed E-state index contributed by atoms with van der Waals surface area (Å²) in [4.78, 5) is 0. The van der Waals surface area contributed by atoms with Gasteiger partial charge in [-0.2, -0.15) is 0 Å². The summed E-state index contributed by atoms with van der Waals surface area (Å²) < 4.78 is 6.09. The lowest BCUT2D eigenvalue weighted by Gasteiger charge is -2.30. The molecule has 1 aromatic carbocycles. The topological polar surface area (TPSA) is 21.3 Å². The molecule has 0 amide bonds. The maximum Gasteiger partial charge on any atom is 0.0600 e. The van der Waals surface area contributed by atoms with Crippen molar-refractivity contribution < 1.29 is 4.74 Å². The summed E-state index contributed by atoms with van der Waals surface area (Å²) in [5.74, 6) is 1.12. The van der Waals surface area contributed by atoms with Crippen molar-refractivity contribution in [2.24, 2.45) is 11.8 Å². The Kier molecular flexibility index (Phi) is 5.83. The van der Waals surface area contributed by atoms with E-state index < -0.39 is 0 Å². The van der Waals surface area contributed by atoms with Gasteiger partial charge in [0.2, 0.25) is 0 Å². The quantitative estimate of drug-likeness (QED) is 0.840. The molecule has 0 spiro atoms. The fourth-order valence-electron chi connectivity index (χ4n) is 3.65. The van der Waals surface area contributed by atoms with Crippen molar-refractivity contribution in [3.63, 3.8) is 0 Å². The van der Waals surface area contributed by atoms with Crippen LogP contribution in [0.5, 0.6) is 0 Å². The van der Waals surface area contributed by atoms with Crippen LogP contribution in [0.4, 0.5) is 0 Å². The highest BCUT2D eigenvalue weighted by Gasteiger charge is 2.41. The summed E-state index contributed by atoms with van der Waals surface area (Å²) in [6.07, 6.45) is 2.92. The molecule has 5 unspecified atom stereocenters. The normalized spacial score (nSPS) is 30.5. The Bertz CT molecular complexity index is 445. The summed E-state index contributed by atoms with van der Waals surface area (Å²) in [7, 11) is 0. The molecule has 2 heteroatoms. The zero-order valence-corrected chi connectivity index (χ0v) is 14.2. The van der Waals surface area contributed by atoms with Gasteiger partial charge < -0.3 is 10.1 Å². The molecule has 1 heterocycles. The molecule has 1 fully saturated rings. The van der Waals surface area contributed by atoms with Crippen molar-refractivity contribution >= 4 is 0 Å². The molecule has 1 N–H and O–H groups in total. The van der Waals surface area contributed by atoms with E-state index in [9.17, 15) is 0 Å². The molecule has 1 aliphatic rings. The van der Waals surface area contributed by atoms with E-state index in [0.717, 1.165) is 19.4 Å². The average molecular weight is 289 g/mol. The Morgan fingerprint density at radius 1 is 1.14 bits per heavy atom. The van der Waals surface area contributed by atoms with E-state index >= 15 is 0 Å². The molecule has 1 aromatic rings. The average Bonchev–Trinajstić information content (AvgIpc) is 2.74. The van der Waals surface area contributed by atoms with Crippen LogP contribution in [0.1, 0.15) is 58.2 Å². The van der Waals surface area contributed by atoms with Gasteiger partial charge in [0.25, 0.3) is 0 Å². The van der Waals surface area contributed by atoms with Gasteiger partial charge in [-0.1, -0.05) is 45.0 Å². The second kappa shape index (κ2) is 7.42. The molecule has 5 atom stereocenters. The summed E-state index contributed by atoms with van der Waals surface area (Å²) in [6.45, 7) is 12.3. The van der Waals surface area contributed by atoms with E-state index in [-0.39, 0.29) is 0 Å². The van der Waals surface area contributed by atoms with Gasteiger partial charge >= 0.3 is 0 Å². The summed E-state index contributed by atoms with van der Waals surface area (Å²) >= 11 is 0. The van der Waals surface area contributed by atoms with Crippen LogP contribution in [0.15, 0.2) is 24.3 Å². The molecular formula is C19H31NO. The standard InChI is InChI=1S/C19H31NO/c1-6-11-20-19(17-10-8-9-16(7-2)12-17)18-13(3)14(4)21-15(18)5/h8-10,12-15,18-20H,6-7,11H2,1-5H3. The first-order valence-corrected chi connectivity index (χ1v) is 8.56. The number of hydrogen-bond acceptors (Lipinski definition) is 2. The predicted octanol–water partition coefficient (Wildman–Crippen LogP) is 4.35. The van der Waals surface area contributed by atoms with Crippen molar-refractivity contribution in [3.05, 3.63) is 35.4 Å². The van der Waals surface area contributed by atoms with Crippen LogP contribution in [0.25, 0.3) is 0 Å². The maximum absolute atomic E-state index is 6.09. The van der Waals surface area contributed by atoms with Gasteiger partial charge in [-0.15, -0.1) is 0 Å². The van der Waals surface area contributed by atoms with Gasteiger partial charge in [0.1, 0.15) is 0 Å². The first-order chi connectivity index (χ1) is 10.1. The first kappa shape index (κ1) is 16.5. The number of benzene rings is 1. The van der Waals surface area contributed by atoms with Gasteiger partial charge in [0, 0.05) is 12.0 Å². The van der Waals surface area contributed by atoms with Crippen molar-refractivity contribution in [1.82, 2.24) is 5.32 Å². The van der Waals surface area contributed by atoms with E-state index in [1.165, 1.54) is 11.1 Å². The van der Waals surface area contributed by atoms with Gasteiger partial charge in [0.15, 0.2) is 0 Å². The monoisotopic (exact) mass is 289 g/mol. The van der Waals surface area contributed by atoms with Gasteiger partial charge in [-0.3, -0.25) is 0 Å². The van der Waals surface area contributed by atoms with Crippen LogP contribution in [0.3, 0.4) is 0 Å². The Morgan fingerprint density at radius 3 is 2.48 bits per heavy atom. The van der Waals surface area contributed by atoms with Crippen LogP contribution in [-0.2, 0) is 11.2 Å². The molecule has 118 valence electrons. The Labute approximate surface area is 130 Å². The largest absolute Gasteiger partial charge is 0.375 e. The summed E-state index contributed by atoms with van der Waals surface area (Å²) in [5.41, 5.74) is 2.84. The van der Waals surface area contributed by atoms with Crippen LogP contribution in [-0.4, -0.2) is 18.8 Å². The van der Waals surface area contributed by atoms with Gasteiger partial charge in [-0.25, -0.2) is 0 Å². The van der Waals surface area contributed by atoms with Crippen LogP contribution >= 0.6 is 0 Å². The Balaban J connectivity index is 2.29. The maximum atomic E-state index is 6.09. The van der Waals surface area contributed by atoms with E-state index in [4.69, 9.17) is 4.74 Å². The number of aryl methyl sites for hydroxylation is 1. The van der Waals surface area contributed by atoms with Crippen molar-refractivity contribution in [2.45, 2.75) is 65.7 Å². The molecule has 2 rings (SSSR count). The summed E-state index contributed by atoms with van der Waals surface area (Å²) in [6, 6.07) is 9.46. The third-order valence-electron chi connectivity index (χ3n) is 5.04. The van der Waals surface area contributed by atoms with Crippen LogP contribution in [0.2, 0.25) is 0 Å². The fourth-order valence-corrected chi connectivity index (χ4v) is 3.65. The summed E-state index contributed by atoms with van der Waals surface area (Å²) in [5, 5.41) is 3.78. The fraction of sp³-hybridized carbons (Fsp3) is 0.684. The molecule has 0 saturated carbocycles. The number of nitrogens with one attached hydrogen (secondary N) is 1. The SMILES string of the molecule is CCCNC(c1cccc(CC)c1)C1C(C)OC(C)C1C. The minimum atomic E-state index is 0.314.